The fraction of sp³-hybridized carbons (Fsp3) is 0.600. The molecule has 5 heteroatoms. The van der Waals surface area contributed by atoms with Gasteiger partial charge in [-0.3, -0.25) is 10.1 Å². The minimum absolute atomic E-state index is 0.135. The van der Waals surface area contributed by atoms with Crippen LogP contribution in [0, 0.1) is 13.8 Å². The number of hydrogen-bond donors (Lipinski definition) is 1. The van der Waals surface area contributed by atoms with Gasteiger partial charge < -0.3 is 4.74 Å². The maximum absolute atomic E-state index is 10.9. The van der Waals surface area contributed by atoms with E-state index < -0.39 is 0 Å². The van der Waals surface area contributed by atoms with Crippen LogP contribution in [0.2, 0.25) is 0 Å². The van der Waals surface area contributed by atoms with Crippen molar-refractivity contribution in [2.75, 3.05) is 13.7 Å². The zero-order valence-electron chi connectivity index (χ0n) is 9.46. The van der Waals surface area contributed by atoms with Gasteiger partial charge in [0.1, 0.15) is 0 Å². The Kier molecular flexibility index (Phi) is 4.23. The van der Waals surface area contributed by atoms with Crippen LogP contribution in [0.3, 0.4) is 0 Å². The van der Waals surface area contributed by atoms with Crippen LogP contribution in [-0.2, 0) is 9.53 Å². The molecule has 0 aliphatic heterocycles. The number of thiazole rings is 1. The number of ether oxygens (including phenoxy) is 1. The van der Waals surface area contributed by atoms with Gasteiger partial charge >= 0.3 is 5.97 Å². The molecule has 0 radical (unpaired) electrons. The van der Waals surface area contributed by atoms with Gasteiger partial charge in [0.25, 0.3) is 0 Å². The Balaban J connectivity index is 2.57. The smallest absolute Gasteiger partial charge is 0.319 e. The molecule has 1 aromatic heterocycles. The Bertz CT molecular complexity index is 349. The second-order valence-corrected chi connectivity index (χ2v) is 4.60. The van der Waals surface area contributed by atoms with E-state index in [4.69, 9.17) is 0 Å². The van der Waals surface area contributed by atoms with Crippen LogP contribution in [0.1, 0.15) is 28.5 Å². The Labute approximate surface area is 93.7 Å². The summed E-state index contributed by atoms with van der Waals surface area (Å²) in [7, 11) is 1.39. The summed E-state index contributed by atoms with van der Waals surface area (Å²) in [6.07, 6.45) is 0. The van der Waals surface area contributed by atoms with E-state index in [1.54, 1.807) is 11.3 Å². The van der Waals surface area contributed by atoms with Gasteiger partial charge in [0, 0.05) is 10.9 Å². The van der Waals surface area contributed by atoms with Gasteiger partial charge in [0.2, 0.25) is 0 Å². The first-order valence-electron chi connectivity index (χ1n) is 4.78. The first-order valence-corrected chi connectivity index (χ1v) is 5.60. The number of nitrogens with zero attached hydrogens (tertiary/aromatic N) is 1. The molecule has 1 atom stereocenters. The van der Waals surface area contributed by atoms with Gasteiger partial charge in [-0.25, -0.2) is 4.98 Å². The number of methoxy groups -OCH3 is 1. The molecule has 0 saturated heterocycles. The molecule has 0 aliphatic rings. The van der Waals surface area contributed by atoms with E-state index in [-0.39, 0.29) is 18.6 Å². The maximum Gasteiger partial charge on any atom is 0.319 e. The molecule has 15 heavy (non-hydrogen) atoms. The second kappa shape index (κ2) is 5.23. The van der Waals surface area contributed by atoms with Crippen molar-refractivity contribution in [1.29, 1.82) is 0 Å². The molecule has 0 bridgehead atoms. The lowest BCUT2D eigenvalue weighted by Gasteiger charge is -2.11. The van der Waals surface area contributed by atoms with Gasteiger partial charge in [0.05, 0.1) is 24.4 Å². The largest absolute Gasteiger partial charge is 0.468 e. The molecular weight excluding hydrogens is 212 g/mol. The molecule has 0 aliphatic carbocycles. The number of aromatic nitrogens is 1. The summed E-state index contributed by atoms with van der Waals surface area (Å²) in [6.45, 7) is 6.21. The SMILES string of the molecule is COC(=O)CNC(C)c1sc(C)nc1C. The monoisotopic (exact) mass is 228 g/mol. The quantitative estimate of drug-likeness (QED) is 0.795. The van der Waals surface area contributed by atoms with Crippen molar-refractivity contribution in [2.24, 2.45) is 0 Å². The number of carbonyl (C=O) groups is 1. The number of carbonyl (C=O) groups excluding carboxylic acids is 1. The van der Waals surface area contributed by atoms with Crippen molar-refractivity contribution in [3.8, 4) is 0 Å². The molecule has 1 unspecified atom stereocenters. The molecule has 1 N–H and O–H groups in total. The van der Waals surface area contributed by atoms with Crippen LogP contribution in [-0.4, -0.2) is 24.6 Å². The zero-order valence-corrected chi connectivity index (χ0v) is 10.3. The Morgan fingerprint density at radius 2 is 2.27 bits per heavy atom. The highest BCUT2D eigenvalue weighted by molar-refractivity contribution is 7.11. The normalized spacial score (nSPS) is 12.5. The molecule has 1 heterocycles. The highest BCUT2D eigenvalue weighted by Crippen LogP contribution is 2.23. The molecule has 1 rings (SSSR count). The summed E-state index contributed by atoms with van der Waals surface area (Å²) in [5.41, 5.74) is 1.03. The minimum atomic E-state index is -0.249. The summed E-state index contributed by atoms with van der Waals surface area (Å²) >= 11 is 1.66. The average Bonchev–Trinajstić information content (AvgIpc) is 2.53. The predicted octanol–water partition coefficient (Wildman–Crippen LogP) is 1.58. The van der Waals surface area contributed by atoms with Gasteiger partial charge in [-0.2, -0.15) is 0 Å². The third-order valence-corrected chi connectivity index (χ3v) is 3.37. The fourth-order valence-corrected chi connectivity index (χ4v) is 2.30. The van der Waals surface area contributed by atoms with Crippen LogP contribution < -0.4 is 5.32 Å². The van der Waals surface area contributed by atoms with E-state index in [0.717, 1.165) is 10.7 Å². The molecule has 0 amide bonds. The summed E-state index contributed by atoms with van der Waals surface area (Å²) in [5.74, 6) is -0.249. The standard InChI is InChI=1S/C10H16N2O2S/c1-6(11-5-9(13)14-4)10-7(2)12-8(3)15-10/h6,11H,5H2,1-4H3. The Morgan fingerprint density at radius 3 is 2.73 bits per heavy atom. The van der Waals surface area contributed by atoms with Crippen molar-refractivity contribution in [1.82, 2.24) is 10.3 Å². The van der Waals surface area contributed by atoms with Crippen molar-refractivity contribution >= 4 is 17.3 Å². The molecule has 0 saturated carbocycles. The van der Waals surface area contributed by atoms with Crippen LogP contribution in [0.25, 0.3) is 0 Å². The van der Waals surface area contributed by atoms with E-state index in [0.29, 0.717) is 0 Å². The number of hydrogen-bond acceptors (Lipinski definition) is 5. The van der Waals surface area contributed by atoms with Gasteiger partial charge in [0.15, 0.2) is 0 Å². The van der Waals surface area contributed by atoms with E-state index in [1.165, 1.54) is 12.0 Å². The molecule has 0 spiro atoms. The third-order valence-electron chi connectivity index (χ3n) is 2.11. The lowest BCUT2D eigenvalue weighted by Crippen LogP contribution is -2.26. The second-order valence-electron chi connectivity index (χ2n) is 3.36. The first-order chi connectivity index (χ1) is 7.04. The Hall–Kier alpha value is -0.940. The van der Waals surface area contributed by atoms with Crippen molar-refractivity contribution in [3.05, 3.63) is 15.6 Å². The zero-order chi connectivity index (χ0) is 11.4. The summed E-state index contributed by atoms with van der Waals surface area (Å²) < 4.78 is 4.56. The summed E-state index contributed by atoms with van der Waals surface area (Å²) in [4.78, 5) is 16.5. The van der Waals surface area contributed by atoms with Crippen LogP contribution in [0.4, 0.5) is 0 Å². The van der Waals surface area contributed by atoms with Crippen molar-refractivity contribution in [2.45, 2.75) is 26.8 Å². The third kappa shape index (κ3) is 3.28. The Morgan fingerprint density at radius 1 is 1.60 bits per heavy atom. The molecule has 0 fully saturated rings. The lowest BCUT2D eigenvalue weighted by molar-refractivity contribution is -0.139. The molecule has 4 nitrogen and oxygen atoms in total. The van der Waals surface area contributed by atoms with E-state index in [9.17, 15) is 4.79 Å². The van der Waals surface area contributed by atoms with Crippen LogP contribution in [0.15, 0.2) is 0 Å². The van der Waals surface area contributed by atoms with E-state index >= 15 is 0 Å². The molecule has 0 aromatic carbocycles. The van der Waals surface area contributed by atoms with Gasteiger partial charge in [-0.15, -0.1) is 11.3 Å². The summed E-state index contributed by atoms with van der Waals surface area (Å²) in [6, 6.07) is 0.135. The highest BCUT2D eigenvalue weighted by atomic mass is 32.1. The summed E-state index contributed by atoms with van der Waals surface area (Å²) in [5, 5.41) is 4.15. The fourth-order valence-electron chi connectivity index (χ4n) is 1.35. The van der Waals surface area contributed by atoms with Crippen LogP contribution >= 0.6 is 11.3 Å². The van der Waals surface area contributed by atoms with E-state index in [2.05, 4.69) is 15.0 Å². The molecule has 1 aromatic rings. The predicted molar refractivity (Wildman–Crippen MR) is 60.0 cm³/mol. The average molecular weight is 228 g/mol. The molecular formula is C10H16N2O2S. The van der Waals surface area contributed by atoms with Crippen LogP contribution in [0.5, 0.6) is 0 Å². The topological polar surface area (TPSA) is 51.2 Å². The number of esters is 1. The minimum Gasteiger partial charge on any atom is -0.468 e. The lowest BCUT2D eigenvalue weighted by atomic mass is 10.2. The van der Waals surface area contributed by atoms with Crippen molar-refractivity contribution < 1.29 is 9.53 Å². The van der Waals surface area contributed by atoms with Gasteiger partial charge in [-0.1, -0.05) is 0 Å². The first kappa shape index (κ1) is 12.1. The number of rotatable bonds is 4. The van der Waals surface area contributed by atoms with Gasteiger partial charge in [-0.05, 0) is 20.8 Å². The maximum atomic E-state index is 10.9. The number of aryl methyl sites for hydroxylation is 2. The van der Waals surface area contributed by atoms with Crippen molar-refractivity contribution in [3.63, 3.8) is 0 Å². The van der Waals surface area contributed by atoms with E-state index in [1.807, 2.05) is 20.8 Å². The number of nitrogens with one attached hydrogen (secondary N) is 1. The highest BCUT2D eigenvalue weighted by Gasteiger charge is 2.13. The molecule has 84 valence electrons.